The van der Waals surface area contributed by atoms with Crippen LogP contribution >= 0.6 is 0 Å². The Morgan fingerprint density at radius 2 is 1.82 bits per heavy atom. The standard InChI is InChI=1S/C18H21FN2O/c1-13(2)10-18(22)21-16-8-5-7-15(11-16)20-12-14-6-3-4-9-17(14)19/h3-9,11,13,20H,10,12H2,1-2H3,(H,21,22). The highest BCUT2D eigenvalue weighted by atomic mass is 19.1. The second-order valence-corrected chi connectivity index (χ2v) is 5.67. The van der Waals surface area contributed by atoms with Crippen LogP contribution in [-0.2, 0) is 11.3 Å². The zero-order valence-electron chi connectivity index (χ0n) is 12.9. The van der Waals surface area contributed by atoms with Gasteiger partial charge >= 0.3 is 0 Å². The second-order valence-electron chi connectivity index (χ2n) is 5.67. The molecule has 2 aromatic carbocycles. The zero-order valence-corrected chi connectivity index (χ0v) is 12.9. The van der Waals surface area contributed by atoms with Crippen molar-refractivity contribution in [1.29, 1.82) is 0 Å². The minimum Gasteiger partial charge on any atom is -0.381 e. The smallest absolute Gasteiger partial charge is 0.224 e. The first kappa shape index (κ1) is 16.0. The minimum absolute atomic E-state index is 0.00116. The first-order chi connectivity index (χ1) is 10.5. The Morgan fingerprint density at radius 3 is 2.55 bits per heavy atom. The SMILES string of the molecule is CC(C)CC(=O)Nc1cccc(NCc2ccccc2F)c1. The van der Waals surface area contributed by atoms with Gasteiger partial charge in [-0.3, -0.25) is 4.79 Å². The normalized spacial score (nSPS) is 10.5. The maximum absolute atomic E-state index is 13.6. The predicted molar refractivity (Wildman–Crippen MR) is 88.3 cm³/mol. The van der Waals surface area contributed by atoms with Crippen LogP contribution in [0.25, 0.3) is 0 Å². The van der Waals surface area contributed by atoms with E-state index in [9.17, 15) is 9.18 Å². The predicted octanol–water partition coefficient (Wildman–Crippen LogP) is 4.42. The molecule has 0 saturated carbocycles. The number of hydrogen-bond acceptors (Lipinski definition) is 2. The summed E-state index contributed by atoms with van der Waals surface area (Å²) in [6, 6.07) is 14.1. The molecule has 0 spiro atoms. The summed E-state index contributed by atoms with van der Waals surface area (Å²) >= 11 is 0. The third-order valence-corrected chi connectivity index (χ3v) is 3.18. The lowest BCUT2D eigenvalue weighted by Gasteiger charge is -2.11. The summed E-state index contributed by atoms with van der Waals surface area (Å²) in [5, 5.41) is 6.04. The largest absolute Gasteiger partial charge is 0.381 e. The third kappa shape index (κ3) is 4.88. The monoisotopic (exact) mass is 300 g/mol. The third-order valence-electron chi connectivity index (χ3n) is 3.18. The van der Waals surface area contributed by atoms with E-state index in [2.05, 4.69) is 10.6 Å². The molecule has 2 N–H and O–H groups in total. The molecule has 2 rings (SSSR count). The van der Waals surface area contributed by atoms with Gasteiger partial charge < -0.3 is 10.6 Å². The fourth-order valence-corrected chi connectivity index (χ4v) is 2.13. The van der Waals surface area contributed by atoms with Crippen molar-refractivity contribution in [1.82, 2.24) is 0 Å². The van der Waals surface area contributed by atoms with Crippen molar-refractivity contribution in [2.24, 2.45) is 5.92 Å². The molecule has 0 aliphatic heterocycles. The van der Waals surface area contributed by atoms with Gasteiger partial charge in [-0.05, 0) is 30.2 Å². The van der Waals surface area contributed by atoms with Crippen LogP contribution in [0.1, 0.15) is 25.8 Å². The summed E-state index contributed by atoms with van der Waals surface area (Å²) in [6.07, 6.45) is 0.493. The number of amides is 1. The first-order valence-electron chi connectivity index (χ1n) is 7.42. The maximum atomic E-state index is 13.6. The Morgan fingerprint density at radius 1 is 1.09 bits per heavy atom. The van der Waals surface area contributed by atoms with Crippen molar-refractivity contribution in [3.63, 3.8) is 0 Å². The van der Waals surface area contributed by atoms with Crippen LogP contribution in [0.3, 0.4) is 0 Å². The molecule has 0 aliphatic carbocycles. The number of halogens is 1. The van der Waals surface area contributed by atoms with Gasteiger partial charge in [0.2, 0.25) is 5.91 Å². The topological polar surface area (TPSA) is 41.1 Å². The molecule has 4 heteroatoms. The van der Waals surface area contributed by atoms with Gasteiger partial charge in [0.15, 0.2) is 0 Å². The Labute approximate surface area is 130 Å². The molecule has 2 aromatic rings. The lowest BCUT2D eigenvalue weighted by molar-refractivity contribution is -0.116. The van der Waals surface area contributed by atoms with E-state index in [1.165, 1.54) is 6.07 Å². The molecule has 0 aromatic heterocycles. The summed E-state index contributed by atoms with van der Waals surface area (Å²) in [6.45, 7) is 4.41. The Bertz CT molecular complexity index is 640. The van der Waals surface area contributed by atoms with Gasteiger partial charge in [-0.25, -0.2) is 4.39 Å². The second kappa shape index (κ2) is 7.59. The molecule has 0 unspecified atom stereocenters. The number of benzene rings is 2. The molecule has 3 nitrogen and oxygen atoms in total. The fraction of sp³-hybridized carbons (Fsp3) is 0.278. The lowest BCUT2D eigenvalue weighted by Crippen LogP contribution is -2.14. The van der Waals surface area contributed by atoms with Gasteiger partial charge in [0.25, 0.3) is 0 Å². The van der Waals surface area contributed by atoms with E-state index in [-0.39, 0.29) is 11.7 Å². The van der Waals surface area contributed by atoms with Crippen molar-refractivity contribution >= 4 is 17.3 Å². The van der Waals surface area contributed by atoms with Crippen LogP contribution in [0, 0.1) is 11.7 Å². The van der Waals surface area contributed by atoms with Gasteiger partial charge in [0.1, 0.15) is 5.82 Å². The maximum Gasteiger partial charge on any atom is 0.224 e. The molecule has 0 aliphatic rings. The molecule has 0 fully saturated rings. The quantitative estimate of drug-likeness (QED) is 0.829. The molecule has 0 atom stereocenters. The number of anilines is 2. The fourth-order valence-electron chi connectivity index (χ4n) is 2.13. The highest BCUT2D eigenvalue weighted by molar-refractivity contribution is 5.91. The van der Waals surface area contributed by atoms with Crippen molar-refractivity contribution < 1.29 is 9.18 Å². The summed E-state index contributed by atoms with van der Waals surface area (Å²) in [7, 11) is 0. The van der Waals surface area contributed by atoms with Crippen LogP contribution in [0.5, 0.6) is 0 Å². The molecular formula is C18H21FN2O. The van der Waals surface area contributed by atoms with E-state index in [1.54, 1.807) is 12.1 Å². The molecule has 0 saturated heterocycles. The molecule has 116 valence electrons. The summed E-state index contributed by atoms with van der Waals surface area (Å²) in [5.41, 5.74) is 2.19. The van der Waals surface area contributed by atoms with Crippen LogP contribution in [0.15, 0.2) is 48.5 Å². The van der Waals surface area contributed by atoms with E-state index in [0.29, 0.717) is 24.4 Å². The highest BCUT2D eigenvalue weighted by Gasteiger charge is 2.06. The molecule has 22 heavy (non-hydrogen) atoms. The minimum atomic E-state index is -0.226. The summed E-state index contributed by atoms with van der Waals surface area (Å²) in [5.74, 6) is 0.0972. The van der Waals surface area contributed by atoms with E-state index in [1.807, 2.05) is 44.2 Å². The Hall–Kier alpha value is -2.36. The molecule has 0 bridgehead atoms. The van der Waals surface area contributed by atoms with Gasteiger partial charge in [0.05, 0.1) is 0 Å². The van der Waals surface area contributed by atoms with E-state index in [4.69, 9.17) is 0 Å². The zero-order chi connectivity index (χ0) is 15.9. The van der Waals surface area contributed by atoms with Gasteiger partial charge in [-0.2, -0.15) is 0 Å². The van der Waals surface area contributed by atoms with E-state index < -0.39 is 0 Å². The molecule has 0 radical (unpaired) electrons. The van der Waals surface area contributed by atoms with Gasteiger partial charge in [0, 0.05) is 29.9 Å². The molecule has 0 heterocycles. The molecule has 1 amide bonds. The van der Waals surface area contributed by atoms with Crippen molar-refractivity contribution in [2.75, 3.05) is 10.6 Å². The average molecular weight is 300 g/mol. The van der Waals surface area contributed by atoms with Crippen LogP contribution in [-0.4, -0.2) is 5.91 Å². The number of carbonyl (C=O) groups is 1. The van der Waals surface area contributed by atoms with E-state index >= 15 is 0 Å². The Balaban J connectivity index is 1.97. The number of nitrogens with one attached hydrogen (secondary N) is 2. The summed E-state index contributed by atoms with van der Waals surface area (Å²) < 4.78 is 13.6. The van der Waals surface area contributed by atoms with Crippen LogP contribution in [0.2, 0.25) is 0 Å². The summed E-state index contributed by atoms with van der Waals surface area (Å²) in [4.78, 5) is 11.8. The first-order valence-corrected chi connectivity index (χ1v) is 7.42. The average Bonchev–Trinajstić information content (AvgIpc) is 2.46. The van der Waals surface area contributed by atoms with Gasteiger partial charge in [-0.15, -0.1) is 0 Å². The van der Waals surface area contributed by atoms with E-state index in [0.717, 1.165) is 11.4 Å². The van der Waals surface area contributed by atoms with Crippen LogP contribution in [0.4, 0.5) is 15.8 Å². The number of hydrogen-bond donors (Lipinski definition) is 2. The molecular weight excluding hydrogens is 279 g/mol. The highest BCUT2D eigenvalue weighted by Crippen LogP contribution is 2.17. The Kier molecular flexibility index (Phi) is 5.53. The van der Waals surface area contributed by atoms with Crippen LogP contribution < -0.4 is 10.6 Å². The lowest BCUT2D eigenvalue weighted by atomic mass is 10.1. The van der Waals surface area contributed by atoms with Crippen molar-refractivity contribution in [3.8, 4) is 0 Å². The van der Waals surface area contributed by atoms with Crippen molar-refractivity contribution in [2.45, 2.75) is 26.8 Å². The number of rotatable bonds is 6. The van der Waals surface area contributed by atoms with Crippen molar-refractivity contribution in [3.05, 3.63) is 59.9 Å². The van der Waals surface area contributed by atoms with Gasteiger partial charge in [-0.1, -0.05) is 38.1 Å². The number of carbonyl (C=O) groups excluding carboxylic acids is 1.